The number of aliphatic hydroxyl groups excluding tert-OH is 9. The molecule has 16 nitrogen and oxygen atoms in total. The number of hydrogen-bond acceptors (Lipinski definition) is 15. The molecule has 0 aromatic carbocycles. The van der Waals surface area contributed by atoms with Gasteiger partial charge in [0.25, 0.3) is 0 Å². The van der Waals surface area contributed by atoms with E-state index < -0.39 is 111 Å². The third-order valence-corrected chi connectivity index (χ3v) is 6.41. The van der Waals surface area contributed by atoms with Crippen molar-refractivity contribution in [2.24, 2.45) is 0 Å². The van der Waals surface area contributed by atoms with E-state index in [0.717, 1.165) is 6.92 Å². The number of amides is 1. The first-order valence-corrected chi connectivity index (χ1v) is 11.5. The zero-order valence-corrected chi connectivity index (χ0v) is 19.4. The fourth-order valence-corrected chi connectivity index (χ4v) is 4.41. The van der Waals surface area contributed by atoms with Crippen molar-refractivity contribution in [3.05, 3.63) is 0 Å². The minimum Gasteiger partial charge on any atom is -0.394 e. The lowest BCUT2D eigenvalue weighted by molar-refractivity contribution is -0.362. The van der Waals surface area contributed by atoms with E-state index in [1.807, 2.05) is 0 Å². The number of aliphatic hydroxyl groups is 9. The molecule has 3 aliphatic rings. The molecule has 1 amide bonds. The summed E-state index contributed by atoms with van der Waals surface area (Å²) in [7, 11) is 0. The summed E-state index contributed by atoms with van der Waals surface area (Å²) in [6.07, 6.45) is -19.7. The van der Waals surface area contributed by atoms with E-state index in [0.29, 0.717) is 0 Å². The summed E-state index contributed by atoms with van der Waals surface area (Å²) in [4.78, 5) is 11.6. The maximum atomic E-state index is 11.6. The van der Waals surface area contributed by atoms with E-state index >= 15 is 0 Å². The zero-order chi connectivity index (χ0) is 26.7. The van der Waals surface area contributed by atoms with Crippen LogP contribution in [0.3, 0.4) is 0 Å². The largest absolute Gasteiger partial charge is 0.394 e. The van der Waals surface area contributed by atoms with Gasteiger partial charge in [0.2, 0.25) is 5.91 Å². The second kappa shape index (κ2) is 12.6. The average molecular weight is 529 g/mol. The Labute approximate surface area is 205 Å². The highest BCUT2D eigenvalue weighted by Gasteiger charge is 2.52. The van der Waals surface area contributed by atoms with Crippen LogP contribution in [-0.4, -0.2) is 164 Å². The first kappa shape index (κ1) is 29.5. The van der Waals surface area contributed by atoms with Gasteiger partial charge in [0.05, 0.1) is 26.4 Å². The van der Waals surface area contributed by atoms with Gasteiger partial charge in [-0.25, -0.2) is 0 Å². The van der Waals surface area contributed by atoms with Crippen LogP contribution >= 0.6 is 0 Å². The van der Waals surface area contributed by atoms with Crippen LogP contribution in [0.2, 0.25) is 0 Å². The van der Waals surface area contributed by atoms with Gasteiger partial charge in [-0.05, 0) is 0 Å². The van der Waals surface area contributed by atoms with E-state index in [1.54, 1.807) is 0 Å². The Morgan fingerprint density at radius 1 is 0.750 bits per heavy atom. The third-order valence-electron chi connectivity index (χ3n) is 6.41. The summed E-state index contributed by atoms with van der Waals surface area (Å²) in [5.41, 5.74) is 0. The summed E-state index contributed by atoms with van der Waals surface area (Å²) >= 11 is 0. The zero-order valence-electron chi connectivity index (χ0n) is 19.4. The van der Waals surface area contributed by atoms with Crippen molar-refractivity contribution in [1.29, 1.82) is 0 Å². The smallest absolute Gasteiger partial charge is 0.217 e. The van der Waals surface area contributed by atoms with Gasteiger partial charge >= 0.3 is 0 Å². The quantitative estimate of drug-likeness (QED) is 0.140. The molecule has 10 N–H and O–H groups in total. The van der Waals surface area contributed by atoms with E-state index in [2.05, 4.69) is 5.32 Å². The maximum absolute atomic E-state index is 11.6. The lowest BCUT2D eigenvalue weighted by Crippen LogP contribution is -2.68. The Kier molecular flexibility index (Phi) is 10.3. The van der Waals surface area contributed by atoms with Crippen molar-refractivity contribution in [3.63, 3.8) is 0 Å². The van der Waals surface area contributed by atoms with Crippen molar-refractivity contribution in [1.82, 2.24) is 5.32 Å². The average Bonchev–Trinajstić information content (AvgIpc) is 2.85. The van der Waals surface area contributed by atoms with Crippen LogP contribution in [0.5, 0.6) is 0 Å². The van der Waals surface area contributed by atoms with Crippen LogP contribution in [0, 0.1) is 0 Å². The third kappa shape index (κ3) is 6.13. The number of hydrogen-bond donors (Lipinski definition) is 10. The molecule has 0 spiro atoms. The fourth-order valence-electron chi connectivity index (χ4n) is 4.41. The summed E-state index contributed by atoms with van der Waals surface area (Å²) in [5.74, 6) is -0.618. The van der Waals surface area contributed by atoms with Crippen LogP contribution < -0.4 is 5.32 Å². The first-order valence-electron chi connectivity index (χ1n) is 11.5. The molecule has 0 radical (unpaired) electrons. The molecule has 14 atom stereocenters. The van der Waals surface area contributed by atoms with Crippen LogP contribution in [0.15, 0.2) is 0 Å². The van der Waals surface area contributed by atoms with Crippen LogP contribution in [0.1, 0.15) is 6.92 Å². The highest BCUT2D eigenvalue weighted by molar-refractivity contribution is 5.73. The second-order valence-electron chi connectivity index (χ2n) is 8.95. The molecule has 6 unspecified atom stereocenters. The topological polar surface area (TPSA) is 257 Å². The van der Waals surface area contributed by atoms with Crippen molar-refractivity contribution >= 4 is 5.91 Å². The van der Waals surface area contributed by atoms with Gasteiger partial charge in [0.1, 0.15) is 73.2 Å². The van der Waals surface area contributed by atoms with Gasteiger partial charge in [-0.3, -0.25) is 4.79 Å². The van der Waals surface area contributed by atoms with Gasteiger partial charge < -0.3 is 75.0 Å². The van der Waals surface area contributed by atoms with Gasteiger partial charge in [0.15, 0.2) is 12.6 Å². The van der Waals surface area contributed by atoms with Gasteiger partial charge in [-0.2, -0.15) is 0 Å². The minimum atomic E-state index is -1.85. The SMILES string of the molecule is CC(=O)N[C@H]1C(O)[C@@H](O)C(CO)O[C@H]1O[C@H]1C(CO)OC(O[C@@H]2C(CO)OC[C@@H](O)C2O)[C@@H](O)[C@H]1O. The van der Waals surface area contributed by atoms with E-state index in [1.165, 1.54) is 0 Å². The molecule has 0 aromatic rings. The van der Waals surface area contributed by atoms with Crippen LogP contribution in [-0.2, 0) is 28.5 Å². The van der Waals surface area contributed by atoms with Gasteiger partial charge in [-0.1, -0.05) is 0 Å². The maximum Gasteiger partial charge on any atom is 0.217 e. The lowest BCUT2D eigenvalue weighted by atomic mass is 9.95. The molecule has 0 bridgehead atoms. The summed E-state index contributed by atoms with van der Waals surface area (Å²) in [5, 5.41) is 93.2. The Balaban J connectivity index is 1.76. The molecule has 3 saturated heterocycles. The molecule has 3 rings (SSSR count). The Hall–Kier alpha value is -1.09. The fraction of sp³-hybridized carbons (Fsp3) is 0.950. The van der Waals surface area contributed by atoms with Crippen molar-refractivity contribution in [2.45, 2.75) is 92.7 Å². The van der Waals surface area contributed by atoms with Crippen LogP contribution in [0.25, 0.3) is 0 Å². The van der Waals surface area contributed by atoms with E-state index in [-0.39, 0.29) is 6.61 Å². The van der Waals surface area contributed by atoms with Crippen molar-refractivity contribution in [3.8, 4) is 0 Å². The molecule has 3 aliphatic heterocycles. The Morgan fingerprint density at radius 2 is 1.31 bits per heavy atom. The summed E-state index contributed by atoms with van der Waals surface area (Å²) < 4.78 is 27.4. The molecule has 3 fully saturated rings. The summed E-state index contributed by atoms with van der Waals surface area (Å²) in [6, 6.07) is -1.36. The highest BCUT2D eigenvalue weighted by atomic mass is 16.7. The molecule has 0 aromatic heterocycles. The summed E-state index contributed by atoms with van der Waals surface area (Å²) in [6.45, 7) is -1.24. The van der Waals surface area contributed by atoms with Gasteiger partial charge in [0, 0.05) is 6.92 Å². The second-order valence-corrected chi connectivity index (χ2v) is 8.95. The molecule has 0 aliphatic carbocycles. The first-order chi connectivity index (χ1) is 17.0. The number of ether oxygens (including phenoxy) is 5. The molecular formula is C20H35NO15. The van der Waals surface area contributed by atoms with E-state index in [4.69, 9.17) is 23.7 Å². The Morgan fingerprint density at radius 3 is 1.89 bits per heavy atom. The number of carbonyl (C=O) groups excluding carboxylic acids is 1. The Bertz CT molecular complexity index is 713. The van der Waals surface area contributed by atoms with Crippen LogP contribution in [0.4, 0.5) is 0 Å². The number of rotatable bonds is 8. The monoisotopic (exact) mass is 529 g/mol. The molecular weight excluding hydrogens is 494 g/mol. The molecule has 210 valence electrons. The number of nitrogens with one attached hydrogen (secondary N) is 1. The molecule has 16 heteroatoms. The predicted molar refractivity (Wildman–Crippen MR) is 112 cm³/mol. The normalized spacial score (nSPS) is 47.9. The minimum absolute atomic E-state index is 0.273. The molecule has 0 saturated carbocycles. The lowest BCUT2D eigenvalue weighted by Gasteiger charge is -2.48. The highest BCUT2D eigenvalue weighted by Crippen LogP contribution is 2.31. The van der Waals surface area contributed by atoms with Crippen molar-refractivity contribution in [2.75, 3.05) is 26.4 Å². The van der Waals surface area contributed by atoms with Gasteiger partial charge in [-0.15, -0.1) is 0 Å². The van der Waals surface area contributed by atoms with Crippen molar-refractivity contribution < 1.29 is 74.4 Å². The molecule has 3 heterocycles. The molecule has 36 heavy (non-hydrogen) atoms. The van der Waals surface area contributed by atoms with E-state index in [9.17, 15) is 50.8 Å². The number of carbonyl (C=O) groups is 1. The standard InChI is InChI=1S/C20H35NO15/c1-6(25)21-11-14(29)13(28)8(2-22)33-19(11)35-18-10(4-24)34-20(16(31)15(18)30)36-17-9(3-23)32-5-7(26)12(17)27/h7-20,22-24,26-31H,2-5H2,1H3,(H,21,25)/t7-,8?,9?,10?,11+,12?,13+,14?,15-,16+,17-,18+,19+,20?/m1/s1. The predicted octanol–water partition coefficient (Wildman–Crippen LogP) is -6.75.